The van der Waals surface area contributed by atoms with Gasteiger partial charge in [0.15, 0.2) is 0 Å². The molecule has 5 nitrogen and oxygen atoms in total. The average Bonchev–Trinajstić information content (AvgIpc) is 2.92. The molecule has 6 heteroatoms. The first-order valence-corrected chi connectivity index (χ1v) is 6.88. The molecular weight excluding hydrogens is 260 g/mol. The summed E-state index contributed by atoms with van der Waals surface area (Å²) in [5.41, 5.74) is 9.46. The third kappa shape index (κ3) is 3.84. The Balaban J connectivity index is 2.12. The molecule has 0 unspecified atom stereocenters. The molecule has 0 radical (unpaired) electrons. The maximum absolute atomic E-state index is 11.3. The first-order chi connectivity index (χ1) is 9.19. The Morgan fingerprint density at radius 2 is 2.05 bits per heavy atom. The summed E-state index contributed by atoms with van der Waals surface area (Å²) in [6, 6.07) is 7.92. The van der Waals surface area contributed by atoms with E-state index in [2.05, 4.69) is 15.5 Å². The van der Waals surface area contributed by atoms with E-state index in [1.54, 1.807) is 5.51 Å². The average molecular weight is 276 g/mol. The van der Waals surface area contributed by atoms with Crippen molar-refractivity contribution < 1.29 is 4.79 Å². The fourth-order valence-electron chi connectivity index (χ4n) is 1.83. The molecule has 0 saturated heterocycles. The van der Waals surface area contributed by atoms with Crippen molar-refractivity contribution in [3.63, 3.8) is 0 Å². The largest absolute Gasteiger partial charge is 0.347 e. The van der Waals surface area contributed by atoms with E-state index < -0.39 is 0 Å². The molecule has 3 N–H and O–H groups in total. The first-order valence-electron chi connectivity index (χ1n) is 6.00. The molecule has 0 aliphatic heterocycles. The van der Waals surface area contributed by atoms with Gasteiger partial charge in [-0.15, -0.1) is 21.5 Å². The van der Waals surface area contributed by atoms with Gasteiger partial charge < -0.3 is 11.1 Å². The van der Waals surface area contributed by atoms with Crippen LogP contribution in [-0.4, -0.2) is 16.1 Å². The van der Waals surface area contributed by atoms with Gasteiger partial charge in [0, 0.05) is 13.5 Å². The smallest absolute Gasteiger partial charge is 0.217 e. The number of aromatic nitrogens is 2. The lowest BCUT2D eigenvalue weighted by atomic mass is 10.0. The van der Waals surface area contributed by atoms with Crippen molar-refractivity contribution in [3.05, 3.63) is 45.9 Å². The number of hydrogen-bond acceptors (Lipinski definition) is 5. The van der Waals surface area contributed by atoms with E-state index in [9.17, 15) is 4.79 Å². The highest BCUT2D eigenvalue weighted by molar-refractivity contribution is 7.09. The van der Waals surface area contributed by atoms with Crippen LogP contribution in [0.1, 0.15) is 29.1 Å². The number of rotatable bonds is 5. The van der Waals surface area contributed by atoms with Crippen LogP contribution in [0.5, 0.6) is 0 Å². The SMILES string of the molecule is CC(=O)N[C@@H](Cc1ccc(CN)cc1)c1nncs1. The maximum Gasteiger partial charge on any atom is 0.217 e. The lowest BCUT2D eigenvalue weighted by molar-refractivity contribution is -0.119. The number of carbonyl (C=O) groups is 1. The number of nitrogens with zero attached hydrogens (tertiary/aromatic N) is 2. The predicted octanol–water partition coefficient (Wildman–Crippen LogP) is 1.42. The van der Waals surface area contributed by atoms with Crippen LogP contribution in [0, 0.1) is 0 Å². The van der Waals surface area contributed by atoms with Crippen molar-refractivity contribution in [2.75, 3.05) is 0 Å². The quantitative estimate of drug-likeness (QED) is 0.865. The van der Waals surface area contributed by atoms with Crippen molar-refractivity contribution >= 4 is 17.2 Å². The van der Waals surface area contributed by atoms with Crippen LogP contribution in [0.15, 0.2) is 29.8 Å². The summed E-state index contributed by atoms with van der Waals surface area (Å²) in [4.78, 5) is 11.3. The van der Waals surface area contributed by atoms with Crippen molar-refractivity contribution in [2.24, 2.45) is 5.73 Å². The van der Waals surface area contributed by atoms with E-state index in [-0.39, 0.29) is 11.9 Å². The van der Waals surface area contributed by atoms with Crippen molar-refractivity contribution in [1.82, 2.24) is 15.5 Å². The predicted molar refractivity (Wildman–Crippen MR) is 74.5 cm³/mol. The Hall–Kier alpha value is -1.79. The number of hydrogen-bond donors (Lipinski definition) is 2. The zero-order valence-corrected chi connectivity index (χ0v) is 11.5. The molecule has 0 aliphatic carbocycles. The Bertz CT molecular complexity index is 524. The zero-order valence-electron chi connectivity index (χ0n) is 10.7. The summed E-state index contributed by atoms with van der Waals surface area (Å²) in [6.07, 6.45) is 0.694. The van der Waals surface area contributed by atoms with E-state index in [0.29, 0.717) is 13.0 Å². The van der Waals surface area contributed by atoms with Gasteiger partial charge in [-0.3, -0.25) is 4.79 Å². The summed E-state index contributed by atoms with van der Waals surface area (Å²) in [7, 11) is 0. The van der Waals surface area contributed by atoms with Crippen LogP contribution in [-0.2, 0) is 17.8 Å². The number of carbonyl (C=O) groups excluding carboxylic acids is 1. The standard InChI is InChI=1S/C13H16N4OS/c1-9(18)16-12(13-17-15-8-19-13)6-10-2-4-11(7-14)5-3-10/h2-5,8,12H,6-7,14H2,1H3,(H,16,18)/t12-/m0/s1. The first kappa shape index (κ1) is 13.6. The van der Waals surface area contributed by atoms with Gasteiger partial charge in [-0.05, 0) is 17.5 Å². The Kier molecular flexibility index (Phi) is 4.59. The van der Waals surface area contributed by atoms with Gasteiger partial charge in [-0.25, -0.2) is 0 Å². The van der Waals surface area contributed by atoms with Gasteiger partial charge >= 0.3 is 0 Å². The monoisotopic (exact) mass is 276 g/mol. The fraction of sp³-hybridized carbons (Fsp3) is 0.308. The molecule has 1 aromatic carbocycles. The zero-order chi connectivity index (χ0) is 13.7. The molecular formula is C13H16N4OS. The Labute approximate surface area is 115 Å². The highest BCUT2D eigenvalue weighted by Gasteiger charge is 2.16. The normalized spacial score (nSPS) is 12.1. The summed E-state index contributed by atoms with van der Waals surface area (Å²) >= 11 is 1.44. The molecule has 0 fully saturated rings. The molecule has 2 aromatic rings. The number of nitrogens with two attached hydrogens (primary N) is 1. The van der Waals surface area contributed by atoms with Crippen LogP contribution < -0.4 is 11.1 Å². The van der Waals surface area contributed by atoms with E-state index in [1.807, 2.05) is 24.3 Å². The van der Waals surface area contributed by atoms with E-state index in [0.717, 1.165) is 16.1 Å². The third-order valence-electron chi connectivity index (χ3n) is 2.75. The van der Waals surface area contributed by atoms with Crippen LogP contribution >= 0.6 is 11.3 Å². The van der Waals surface area contributed by atoms with Crippen LogP contribution in [0.2, 0.25) is 0 Å². The van der Waals surface area contributed by atoms with Crippen molar-refractivity contribution in [1.29, 1.82) is 0 Å². The summed E-state index contributed by atoms with van der Waals surface area (Å²) in [6.45, 7) is 2.04. The van der Waals surface area contributed by atoms with Crippen molar-refractivity contribution in [3.8, 4) is 0 Å². The summed E-state index contributed by atoms with van der Waals surface area (Å²) < 4.78 is 0. The minimum atomic E-state index is -0.131. The van der Waals surface area contributed by atoms with E-state index in [1.165, 1.54) is 18.3 Å². The van der Waals surface area contributed by atoms with Crippen LogP contribution in [0.3, 0.4) is 0 Å². The Morgan fingerprint density at radius 3 is 2.58 bits per heavy atom. The van der Waals surface area contributed by atoms with Gasteiger partial charge in [0.25, 0.3) is 0 Å². The second-order valence-corrected chi connectivity index (χ2v) is 5.12. The summed E-state index contributed by atoms with van der Waals surface area (Å²) in [5.74, 6) is -0.0706. The van der Waals surface area contributed by atoms with Gasteiger partial charge in [0.05, 0.1) is 6.04 Å². The molecule has 0 saturated carbocycles. The molecule has 0 bridgehead atoms. The molecule has 1 heterocycles. The van der Waals surface area contributed by atoms with Gasteiger partial charge in [0.1, 0.15) is 10.5 Å². The van der Waals surface area contributed by atoms with E-state index in [4.69, 9.17) is 5.73 Å². The molecule has 19 heavy (non-hydrogen) atoms. The number of benzene rings is 1. The number of nitrogens with one attached hydrogen (secondary N) is 1. The van der Waals surface area contributed by atoms with E-state index >= 15 is 0 Å². The fourth-order valence-corrected chi connectivity index (χ4v) is 2.43. The topological polar surface area (TPSA) is 80.9 Å². The maximum atomic E-state index is 11.3. The van der Waals surface area contributed by atoms with Crippen molar-refractivity contribution in [2.45, 2.75) is 25.9 Å². The molecule has 1 aromatic heterocycles. The second-order valence-electron chi connectivity index (χ2n) is 4.25. The summed E-state index contributed by atoms with van der Waals surface area (Å²) in [5, 5.41) is 11.6. The van der Waals surface area contributed by atoms with Crippen LogP contribution in [0.4, 0.5) is 0 Å². The molecule has 2 rings (SSSR count). The van der Waals surface area contributed by atoms with Gasteiger partial charge in [-0.1, -0.05) is 24.3 Å². The Morgan fingerprint density at radius 1 is 1.37 bits per heavy atom. The highest BCUT2D eigenvalue weighted by Crippen LogP contribution is 2.20. The molecule has 0 spiro atoms. The lowest BCUT2D eigenvalue weighted by Gasteiger charge is -2.15. The minimum Gasteiger partial charge on any atom is -0.347 e. The lowest BCUT2D eigenvalue weighted by Crippen LogP contribution is -2.27. The third-order valence-corrected chi connectivity index (χ3v) is 3.56. The number of amides is 1. The highest BCUT2D eigenvalue weighted by atomic mass is 32.1. The molecule has 100 valence electrons. The minimum absolute atomic E-state index is 0.0706. The van der Waals surface area contributed by atoms with Gasteiger partial charge in [-0.2, -0.15) is 0 Å². The molecule has 0 aliphatic rings. The second kappa shape index (κ2) is 6.40. The molecule has 1 atom stereocenters. The van der Waals surface area contributed by atoms with Crippen LogP contribution in [0.25, 0.3) is 0 Å². The van der Waals surface area contributed by atoms with Gasteiger partial charge in [0.2, 0.25) is 5.91 Å². The molecule has 1 amide bonds.